The van der Waals surface area contributed by atoms with Gasteiger partial charge in [-0.05, 0) is 31.0 Å². The summed E-state index contributed by atoms with van der Waals surface area (Å²) in [6, 6.07) is 4.17. The average Bonchev–Trinajstić information content (AvgIpc) is 2.80. The van der Waals surface area contributed by atoms with Gasteiger partial charge in [-0.3, -0.25) is 19.3 Å². The molecule has 0 bridgehead atoms. The van der Waals surface area contributed by atoms with Crippen LogP contribution in [0.25, 0.3) is 0 Å². The maximum Gasteiger partial charge on any atom is 0.416 e. The Labute approximate surface area is 141 Å². The molecule has 3 amide bonds. The van der Waals surface area contributed by atoms with Gasteiger partial charge in [-0.2, -0.15) is 13.2 Å². The molecule has 1 N–H and O–H groups in total. The average molecular weight is 352 g/mol. The van der Waals surface area contributed by atoms with Crippen molar-refractivity contribution < 1.29 is 27.6 Å². The number of anilines is 1. The minimum absolute atomic E-state index is 0.0435. The predicted molar refractivity (Wildman–Crippen MR) is 82.1 cm³/mol. The summed E-state index contributed by atoms with van der Waals surface area (Å²) in [5, 5.41) is 2.30. The number of nitrogens with one attached hydrogen (secondary N) is 1. The second kappa shape index (κ2) is 6.34. The van der Waals surface area contributed by atoms with E-state index in [-0.39, 0.29) is 5.69 Å². The van der Waals surface area contributed by atoms with Crippen LogP contribution in [0.4, 0.5) is 18.9 Å². The first kappa shape index (κ1) is 17.2. The first-order valence-electron chi connectivity index (χ1n) is 7.74. The molecule has 1 aromatic rings. The molecule has 1 aliphatic carbocycles. The van der Waals surface area contributed by atoms with E-state index in [1.54, 1.807) is 0 Å². The fourth-order valence-corrected chi connectivity index (χ4v) is 3.14. The van der Waals surface area contributed by atoms with Gasteiger partial charge in [0.25, 0.3) is 0 Å². The third kappa shape index (κ3) is 3.42. The van der Waals surface area contributed by atoms with Gasteiger partial charge in [-0.15, -0.1) is 0 Å². The third-order valence-corrected chi connectivity index (χ3v) is 4.37. The summed E-state index contributed by atoms with van der Waals surface area (Å²) < 4.78 is 38.1. The van der Waals surface area contributed by atoms with E-state index >= 15 is 0 Å². The Hall–Kier alpha value is -2.64. The number of allylic oxidation sites excluding steroid dienone is 2. The highest BCUT2D eigenvalue weighted by Gasteiger charge is 2.47. The molecule has 3 rings (SSSR count). The van der Waals surface area contributed by atoms with Crippen molar-refractivity contribution in [2.75, 3.05) is 11.9 Å². The van der Waals surface area contributed by atoms with Gasteiger partial charge < -0.3 is 5.32 Å². The third-order valence-electron chi connectivity index (χ3n) is 4.37. The van der Waals surface area contributed by atoms with E-state index in [4.69, 9.17) is 0 Å². The number of carbonyl (C=O) groups is 3. The van der Waals surface area contributed by atoms with E-state index in [2.05, 4.69) is 5.32 Å². The fourth-order valence-electron chi connectivity index (χ4n) is 3.14. The van der Waals surface area contributed by atoms with Crippen LogP contribution >= 0.6 is 0 Å². The molecule has 0 aromatic heterocycles. The van der Waals surface area contributed by atoms with Crippen LogP contribution in [0.5, 0.6) is 0 Å². The number of amides is 3. The van der Waals surface area contributed by atoms with Crippen LogP contribution in [0, 0.1) is 11.8 Å². The second-order valence-corrected chi connectivity index (χ2v) is 6.05. The first-order valence-corrected chi connectivity index (χ1v) is 7.74. The van der Waals surface area contributed by atoms with Crippen molar-refractivity contribution in [1.82, 2.24) is 4.90 Å². The number of benzene rings is 1. The lowest BCUT2D eigenvalue weighted by atomic mass is 9.85. The minimum atomic E-state index is -4.52. The van der Waals surface area contributed by atoms with E-state index in [1.165, 1.54) is 12.1 Å². The van der Waals surface area contributed by atoms with E-state index in [9.17, 15) is 27.6 Å². The minimum Gasteiger partial charge on any atom is -0.325 e. The van der Waals surface area contributed by atoms with E-state index in [0.717, 1.165) is 17.0 Å². The molecule has 0 spiro atoms. The normalized spacial score (nSPS) is 22.9. The summed E-state index contributed by atoms with van der Waals surface area (Å²) in [7, 11) is 0. The largest absolute Gasteiger partial charge is 0.416 e. The second-order valence-electron chi connectivity index (χ2n) is 6.05. The van der Waals surface area contributed by atoms with Crippen LogP contribution in [0.1, 0.15) is 18.4 Å². The SMILES string of the molecule is O=C(CN1C(=O)[C@H]2CC=CC[C@H]2C1=O)Nc1cccc(C(F)(F)F)c1. The Morgan fingerprint density at radius 2 is 1.72 bits per heavy atom. The number of hydrogen-bond acceptors (Lipinski definition) is 3. The molecule has 1 fully saturated rings. The molecule has 0 radical (unpaired) electrons. The van der Waals surface area contributed by atoms with Gasteiger partial charge in [0.2, 0.25) is 17.7 Å². The molecule has 2 aliphatic rings. The van der Waals surface area contributed by atoms with E-state index in [0.29, 0.717) is 12.8 Å². The monoisotopic (exact) mass is 352 g/mol. The number of fused-ring (bicyclic) bond motifs is 1. The van der Waals surface area contributed by atoms with Gasteiger partial charge in [-0.25, -0.2) is 0 Å². The zero-order valence-corrected chi connectivity index (χ0v) is 13.0. The highest BCUT2D eigenvalue weighted by atomic mass is 19.4. The van der Waals surface area contributed by atoms with Crippen LogP contribution in [-0.2, 0) is 20.6 Å². The number of likely N-dealkylation sites (tertiary alicyclic amines) is 1. The Balaban J connectivity index is 1.67. The van der Waals surface area contributed by atoms with Crippen LogP contribution in [0.15, 0.2) is 36.4 Å². The summed E-state index contributed by atoms with van der Waals surface area (Å²) in [6.07, 6.45) is 0.0589. The standard InChI is InChI=1S/C17H15F3N2O3/c18-17(19,20)10-4-3-5-11(8-10)21-14(23)9-22-15(24)12-6-1-2-7-13(12)16(22)25/h1-5,8,12-13H,6-7,9H2,(H,21,23)/t12-,13+. The van der Waals surface area contributed by atoms with Crippen molar-refractivity contribution in [2.45, 2.75) is 19.0 Å². The fraction of sp³-hybridized carbons (Fsp3) is 0.353. The maximum atomic E-state index is 12.7. The summed E-state index contributed by atoms with van der Waals surface area (Å²) in [6.45, 7) is -0.499. The lowest BCUT2D eigenvalue weighted by molar-refractivity contribution is -0.142. The number of rotatable bonds is 3. The maximum absolute atomic E-state index is 12.7. The zero-order chi connectivity index (χ0) is 18.2. The molecule has 1 aliphatic heterocycles. The molecule has 0 unspecified atom stereocenters. The lowest BCUT2D eigenvalue weighted by Gasteiger charge is -2.15. The molecule has 25 heavy (non-hydrogen) atoms. The molecule has 1 saturated heterocycles. The van der Waals surface area contributed by atoms with Gasteiger partial charge >= 0.3 is 6.18 Å². The van der Waals surface area contributed by atoms with Crippen LogP contribution in [0.2, 0.25) is 0 Å². The van der Waals surface area contributed by atoms with Crippen molar-refractivity contribution >= 4 is 23.4 Å². The van der Waals surface area contributed by atoms with Crippen molar-refractivity contribution in [3.63, 3.8) is 0 Å². The number of halogens is 3. The smallest absolute Gasteiger partial charge is 0.325 e. The molecule has 5 nitrogen and oxygen atoms in total. The molecular formula is C17H15F3N2O3. The number of imide groups is 1. The molecule has 2 atom stereocenters. The van der Waals surface area contributed by atoms with Gasteiger partial charge in [-0.1, -0.05) is 18.2 Å². The summed E-state index contributed by atoms with van der Waals surface area (Å²) in [4.78, 5) is 37.5. The Kier molecular flexibility index (Phi) is 4.36. The molecule has 1 aromatic carbocycles. The van der Waals surface area contributed by atoms with Gasteiger partial charge in [0.15, 0.2) is 0 Å². The predicted octanol–water partition coefficient (Wildman–Crippen LogP) is 2.60. The lowest BCUT2D eigenvalue weighted by Crippen LogP contribution is -2.38. The Morgan fingerprint density at radius 1 is 1.12 bits per heavy atom. The summed E-state index contributed by atoms with van der Waals surface area (Å²) >= 11 is 0. The summed E-state index contributed by atoms with van der Waals surface area (Å²) in [5.41, 5.74) is -0.936. The highest BCUT2D eigenvalue weighted by molar-refractivity contribution is 6.08. The molecule has 8 heteroatoms. The quantitative estimate of drug-likeness (QED) is 0.672. The van der Waals surface area contributed by atoms with Crippen LogP contribution in [0.3, 0.4) is 0 Å². The van der Waals surface area contributed by atoms with Crippen molar-refractivity contribution in [1.29, 1.82) is 0 Å². The van der Waals surface area contributed by atoms with Gasteiger partial charge in [0, 0.05) is 5.69 Å². The van der Waals surface area contributed by atoms with E-state index < -0.39 is 47.8 Å². The Bertz CT molecular complexity index is 732. The number of carbonyl (C=O) groups excluding carboxylic acids is 3. The number of nitrogens with zero attached hydrogens (tertiary/aromatic N) is 1. The first-order chi connectivity index (χ1) is 11.8. The molecule has 1 heterocycles. The van der Waals surface area contributed by atoms with Crippen LogP contribution in [-0.4, -0.2) is 29.2 Å². The van der Waals surface area contributed by atoms with Crippen LogP contribution < -0.4 is 5.32 Å². The van der Waals surface area contributed by atoms with Crippen molar-refractivity contribution in [3.8, 4) is 0 Å². The topological polar surface area (TPSA) is 66.5 Å². The van der Waals surface area contributed by atoms with Crippen molar-refractivity contribution in [3.05, 3.63) is 42.0 Å². The van der Waals surface area contributed by atoms with Gasteiger partial charge in [0.1, 0.15) is 6.54 Å². The van der Waals surface area contributed by atoms with E-state index in [1.807, 2.05) is 12.2 Å². The highest BCUT2D eigenvalue weighted by Crippen LogP contribution is 2.35. The summed E-state index contributed by atoms with van der Waals surface area (Å²) in [5.74, 6) is -2.41. The Morgan fingerprint density at radius 3 is 2.28 bits per heavy atom. The zero-order valence-electron chi connectivity index (χ0n) is 13.0. The number of hydrogen-bond donors (Lipinski definition) is 1. The molecule has 0 saturated carbocycles. The molecular weight excluding hydrogens is 337 g/mol. The number of alkyl halides is 3. The molecule has 132 valence electrons. The van der Waals surface area contributed by atoms with Gasteiger partial charge in [0.05, 0.1) is 17.4 Å². The van der Waals surface area contributed by atoms with Crippen molar-refractivity contribution in [2.24, 2.45) is 11.8 Å².